The Labute approximate surface area is 140 Å². The van der Waals surface area contributed by atoms with Crippen LogP contribution in [-0.4, -0.2) is 17.0 Å². The Morgan fingerprint density at radius 2 is 1.55 bits per heavy atom. The number of hydrogen-bond acceptors (Lipinski definition) is 3. The molecule has 0 saturated carbocycles. The van der Waals surface area contributed by atoms with Crippen LogP contribution in [0.1, 0.15) is 51.4 Å². The lowest BCUT2D eigenvalue weighted by molar-refractivity contribution is -0.137. The highest BCUT2D eigenvalue weighted by Crippen LogP contribution is 2.27. The second-order valence-corrected chi connectivity index (χ2v) is 5.91. The molecule has 0 saturated heterocycles. The van der Waals surface area contributed by atoms with E-state index in [1.807, 2.05) is 0 Å². The second kappa shape index (κ2) is 10.5. The van der Waals surface area contributed by atoms with Gasteiger partial charge in [0, 0.05) is 17.9 Å². The summed E-state index contributed by atoms with van der Waals surface area (Å²) in [6, 6.07) is 4.72. The van der Waals surface area contributed by atoms with E-state index in [2.05, 4.69) is 0 Å². The van der Waals surface area contributed by atoms with Crippen LogP contribution in [0.2, 0.25) is 10.0 Å². The van der Waals surface area contributed by atoms with Gasteiger partial charge < -0.3 is 9.84 Å². The molecule has 1 aromatic rings. The summed E-state index contributed by atoms with van der Waals surface area (Å²) in [5.74, 6) is -0.733. The summed E-state index contributed by atoms with van der Waals surface area (Å²) in [6.45, 7) is 0. The van der Waals surface area contributed by atoms with Gasteiger partial charge in [-0.05, 0) is 31.0 Å². The van der Waals surface area contributed by atoms with Crippen LogP contribution in [0.4, 0.5) is 0 Å². The van der Waals surface area contributed by atoms with Crippen LogP contribution in [0.15, 0.2) is 18.2 Å². The van der Waals surface area contributed by atoms with Crippen molar-refractivity contribution in [3.8, 4) is 5.75 Å². The molecule has 0 aliphatic heterocycles. The van der Waals surface area contributed by atoms with Crippen molar-refractivity contribution in [3.63, 3.8) is 0 Å². The molecular weight excluding hydrogens is 327 g/mol. The summed E-state index contributed by atoms with van der Waals surface area (Å²) in [5, 5.41) is 9.31. The zero-order valence-corrected chi connectivity index (χ0v) is 13.8. The van der Waals surface area contributed by atoms with Crippen molar-refractivity contribution in [2.24, 2.45) is 0 Å². The summed E-state index contributed by atoms with van der Waals surface area (Å²) in [7, 11) is 0. The minimum absolute atomic E-state index is 0.230. The highest BCUT2D eigenvalue weighted by molar-refractivity contribution is 6.35. The zero-order valence-electron chi connectivity index (χ0n) is 12.3. The van der Waals surface area contributed by atoms with Gasteiger partial charge in [0.25, 0.3) is 0 Å². The third-order valence-electron chi connectivity index (χ3n) is 3.14. The summed E-state index contributed by atoms with van der Waals surface area (Å²) in [6.07, 6.45) is 5.87. The van der Waals surface area contributed by atoms with Crippen molar-refractivity contribution >= 4 is 35.1 Å². The largest absolute Gasteiger partial charge is 0.481 e. The number of carbonyl (C=O) groups excluding carboxylic acids is 1. The fourth-order valence-electron chi connectivity index (χ4n) is 1.98. The highest BCUT2D eigenvalue weighted by atomic mass is 35.5. The normalized spacial score (nSPS) is 10.5. The van der Waals surface area contributed by atoms with Gasteiger partial charge in [0.1, 0.15) is 5.75 Å². The van der Waals surface area contributed by atoms with Crippen LogP contribution in [0.25, 0.3) is 0 Å². The van der Waals surface area contributed by atoms with Gasteiger partial charge in [0.2, 0.25) is 0 Å². The smallest absolute Gasteiger partial charge is 0.311 e. The Balaban J connectivity index is 2.10. The lowest BCUT2D eigenvalue weighted by Gasteiger charge is -2.06. The Morgan fingerprint density at radius 1 is 0.955 bits per heavy atom. The summed E-state index contributed by atoms with van der Waals surface area (Å²) in [4.78, 5) is 22.0. The Bertz CT molecular complexity index is 503. The molecule has 0 spiro atoms. The van der Waals surface area contributed by atoms with Gasteiger partial charge in [-0.15, -0.1) is 0 Å². The predicted octanol–water partition coefficient (Wildman–Crippen LogP) is 5.10. The molecule has 0 aromatic heterocycles. The number of carboxylic acids is 1. The van der Waals surface area contributed by atoms with E-state index in [0.29, 0.717) is 28.6 Å². The molecule has 6 heteroatoms. The quantitative estimate of drug-likeness (QED) is 0.363. The Kier molecular flexibility index (Phi) is 8.94. The third-order valence-corrected chi connectivity index (χ3v) is 3.67. The predicted molar refractivity (Wildman–Crippen MR) is 86.7 cm³/mol. The monoisotopic (exact) mass is 346 g/mol. The number of hydrogen-bond donors (Lipinski definition) is 1. The molecule has 0 aliphatic carbocycles. The van der Waals surface area contributed by atoms with Gasteiger partial charge in [-0.3, -0.25) is 9.59 Å². The molecule has 4 nitrogen and oxygen atoms in total. The standard InChI is InChI=1S/C16H20Cl2O4/c17-12-9-10-14(13(18)11-12)22-16(21)8-6-4-2-1-3-5-7-15(19)20/h9-11H,1-8H2,(H,19,20). The zero-order chi connectivity index (χ0) is 16.4. The van der Waals surface area contributed by atoms with Gasteiger partial charge in [-0.25, -0.2) is 0 Å². The maximum absolute atomic E-state index is 11.7. The number of carbonyl (C=O) groups is 2. The van der Waals surface area contributed by atoms with Crippen LogP contribution in [0.5, 0.6) is 5.75 Å². The number of rotatable bonds is 10. The van der Waals surface area contributed by atoms with Crippen molar-refractivity contribution in [3.05, 3.63) is 28.2 Å². The van der Waals surface area contributed by atoms with E-state index in [9.17, 15) is 9.59 Å². The molecule has 0 radical (unpaired) electrons. The second-order valence-electron chi connectivity index (χ2n) is 5.06. The average Bonchev–Trinajstić information content (AvgIpc) is 2.44. The van der Waals surface area contributed by atoms with E-state index in [0.717, 1.165) is 32.1 Å². The van der Waals surface area contributed by atoms with Crippen molar-refractivity contribution < 1.29 is 19.4 Å². The van der Waals surface area contributed by atoms with E-state index < -0.39 is 5.97 Å². The van der Waals surface area contributed by atoms with Gasteiger partial charge in [-0.1, -0.05) is 48.9 Å². The van der Waals surface area contributed by atoms with Crippen molar-refractivity contribution in [1.82, 2.24) is 0 Å². The van der Waals surface area contributed by atoms with Crippen molar-refractivity contribution in [2.45, 2.75) is 51.4 Å². The molecule has 0 amide bonds. The molecule has 0 atom stereocenters. The number of halogens is 2. The van der Waals surface area contributed by atoms with E-state index in [1.54, 1.807) is 12.1 Å². The first-order valence-corrected chi connectivity index (χ1v) is 8.12. The fraction of sp³-hybridized carbons (Fsp3) is 0.500. The first-order valence-electron chi connectivity index (χ1n) is 7.36. The number of carboxylic acid groups (broad SMARTS) is 1. The fourth-order valence-corrected chi connectivity index (χ4v) is 2.43. The number of ether oxygens (including phenoxy) is 1. The molecule has 122 valence electrons. The number of unbranched alkanes of at least 4 members (excludes halogenated alkanes) is 5. The van der Waals surface area contributed by atoms with Crippen LogP contribution >= 0.6 is 23.2 Å². The Hall–Kier alpha value is -1.26. The molecule has 1 N–H and O–H groups in total. The van der Waals surface area contributed by atoms with Crippen molar-refractivity contribution in [2.75, 3.05) is 0 Å². The molecule has 0 unspecified atom stereocenters. The molecule has 0 fully saturated rings. The molecule has 0 bridgehead atoms. The topological polar surface area (TPSA) is 63.6 Å². The molecular formula is C16H20Cl2O4. The maximum Gasteiger partial charge on any atom is 0.311 e. The lowest BCUT2D eigenvalue weighted by atomic mass is 10.1. The van der Waals surface area contributed by atoms with Gasteiger partial charge in [0.05, 0.1) is 5.02 Å². The highest BCUT2D eigenvalue weighted by Gasteiger charge is 2.08. The molecule has 22 heavy (non-hydrogen) atoms. The van der Waals surface area contributed by atoms with Crippen LogP contribution in [-0.2, 0) is 9.59 Å². The van der Waals surface area contributed by atoms with E-state index >= 15 is 0 Å². The van der Waals surface area contributed by atoms with Gasteiger partial charge in [0.15, 0.2) is 0 Å². The van der Waals surface area contributed by atoms with E-state index in [1.165, 1.54) is 6.07 Å². The number of esters is 1. The van der Waals surface area contributed by atoms with E-state index in [-0.39, 0.29) is 12.4 Å². The SMILES string of the molecule is O=C(O)CCCCCCCCC(=O)Oc1ccc(Cl)cc1Cl. The summed E-state index contributed by atoms with van der Waals surface area (Å²) >= 11 is 11.7. The number of aliphatic carboxylic acids is 1. The molecule has 0 heterocycles. The molecule has 1 rings (SSSR count). The first-order chi connectivity index (χ1) is 10.5. The Morgan fingerprint density at radius 3 is 2.14 bits per heavy atom. The average molecular weight is 347 g/mol. The van der Waals surface area contributed by atoms with E-state index in [4.69, 9.17) is 33.0 Å². The summed E-state index contributed by atoms with van der Waals surface area (Å²) < 4.78 is 5.18. The molecule has 0 aliphatic rings. The molecule has 1 aromatic carbocycles. The maximum atomic E-state index is 11.7. The minimum atomic E-state index is -0.747. The van der Waals surface area contributed by atoms with Crippen LogP contribution < -0.4 is 4.74 Å². The lowest BCUT2D eigenvalue weighted by Crippen LogP contribution is -2.07. The number of benzene rings is 1. The van der Waals surface area contributed by atoms with Crippen LogP contribution in [0.3, 0.4) is 0 Å². The van der Waals surface area contributed by atoms with Crippen LogP contribution in [0, 0.1) is 0 Å². The third kappa shape index (κ3) is 8.25. The first kappa shape index (κ1) is 18.8. The van der Waals surface area contributed by atoms with Gasteiger partial charge in [-0.2, -0.15) is 0 Å². The minimum Gasteiger partial charge on any atom is -0.481 e. The summed E-state index contributed by atoms with van der Waals surface area (Å²) in [5.41, 5.74) is 0. The van der Waals surface area contributed by atoms with Gasteiger partial charge >= 0.3 is 11.9 Å². The van der Waals surface area contributed by atoms with Crippen molar-refractivity contribution in [1.29, 1.82) is 0 Å².